The number of benzene rings is 1. The van der Waals surface area contributed by atoms with Gasteiger partial charge in [0.05, 0.1) is 25.5 Å². The maximum atomic E-state index is 12.7. The molecular formula is C20H23BrN4O2. The van der Waals surface area contributed by atoms with Gasteiger partial charge in [-0.25, -0.2) is 9.97 Å². The van der Waals surface area contributed by atoms with Gasteiger partial charge in [-0.15, -0.1) is 0 Å². The highest BCUT2D eigenvalue weighted by molar-refractivity contribution is 9.10. The molecule has 1 fully saturated rings. The average molecular weight is 431 g/mol. The molecule has 3 heterocycles. The molecule has 2 aliphatic rings. The van der Waals surface area contributed by atoms with E-state index in [2.05, 4.69) is 37.9 Å². The van der Waals surface area contributed by atoms with Crippen molar-refractivity contribution >= 4 is 27.8 Å². The number of anilines is 1. The third kappa shape index (κ3) is 4.47. The Morgan fingerprint density at radius 1 is 1.15 bits per heavy atom. The van der Waals surface area contributed by atoms with Crippen LogP contribution in [0.4, 0.5) is 5.95 Å². The van der Waals surface area contributed by atoms with Crippen LogP contribution in [-0.4, -0.2) is 53.6 Å². The molecular weight excluding hydrogens is 408 g/mol. The predicted molar refractivity (Wildman–Crippen MR) is 107 cm³/mol. The van der Waals surface area contributed by atoms with Gasteiger partial charge in [-0.3, -0.25) is 4.79 Å². The number of hydrogen-bond acceptors (Lipinski definition) is 5. The number of amides is 1. The van der Waals surface area contributed by atoms with Crippen LogP contribution in [0.3, 0.4) is 0 Å². The largest absolute Gasteiger partial charge is 0.378 e. The first-order valence-electron chi connectivity index (χ1n) is 9.39. The Labute approximate surface area is 167 Å². The van der Waals surface area contributed by atoms with Gasteiger partial charge < -0.3 is 14.5 Å². The first-order chi connectivity index (χ1) is 13.2. The van der Waals surface area contributed by atoms with E-state index in [1.54, 1.807) is 0 Å². The second-order valence-electron chi connectivity index (χ2n) is 6.93. The summed E-state index contributed by atoms with van der Waals surface area (Å²) in [5, 5.41) is 0. The van der Waals surface area contributed by atoms with Gasteiger partial charge >= 0.3 is 0 Å². The molecule has 2 aromatic rings. The number of carbonyl (C=O) groups is 1. The fourth-order valence-corrected chi connectivity index (χ4v) is 3.75. The van der Waals surface area contributed by atoms with Crippen LogP contribution in [0.1, 0.15) is 23.2 Å². The molecule has 4 rings (SSSR count). The van der Waals surface area contributed by atoms with E-state index in [0.29, 0.717) is 26.2 Å². The van der Waals surface area contributed by atoms with E-state index in [0.717, 1.165) is 54.2 Å². The summed E-state index contributed by atoms with van der Waals surface area (Å²) in [6.45, 7) is 4.37. The van der Waals surface area contributed by atoms with Crippen LogP contribution >= 0.6 is 15.9 Å². The van der Waals surface area contributed by atoms with Crippen molar-refractivity contribution in [3.63, 3.8) is 0 Å². The summed E-state index contributed by atoms with van der Waals surface area (Å²) in [7, 11) is 0. The van der Waals surface area contributed by atoms with Crippen LogP contribution in [-0.2, 0) is 28.9 Å². The van der Waals surface area contributed by atoms with Crippen LogP contribution in [0.2, 0.25) is 0 Å². The SMILES string of the molecule is O=C(CCc1ccc(Br)cc1)N1CCc2cnc(N3CCOCC3)nc2C1. The standard InChI is InChI=1S/C20H23BrN4O2/c21-17-4-1-15(2-5-17)3-6-19(26)25-8-7-16-13-22-20(23-18(16)14-25)24-9-11-27-12-10-24/h1-2,4-5,13H,3,6-12,14H2. The summed E-state index contributed by atoms with van der Waals surface area (Å²) < 4.78 is 6.46. The maximum absolute atomic E-state index is 12.7. The van der Waals surface area contributed by atoms with Crippen molar-refractivity contribution in [1.82, 2.24) is 14.9 Å². The number of fused-ring (bicyclic) bond motifs is 1. The number of carbonyl (C=O) groups excluding carboxylic acids is 1. The van der Waals surface area contributed by atoms with E-state index >= 15 is 0 Å². The van der Waals surface area contributed by atoms with Crippen molar-refractivity contribution < 1.29 is 9.53 Å². The Kier molecular flexibility index (Phi) is 5.69. The highest BCUT2D eigenvalue weighted by atomic mass is 79.9. The summed E-state index contributed by atoms with van der Waals surface area (Å²) in [6, 6.07) is 8.15. The highest BCUT2D eigenvalue weighted by Crippen LogP contribution is 2.21. The Hall–Kier alpha value is -1.99. The van der Waals surface area contributed by atoms with Gasteiger partial charge in [0.15, 0.2) is 0 Å². The van der Waals surface area contributed by atoms with E-state index in [-0.39, 0.29) is 5.91 Å². The van der Waals surface area contributed by atoms with Gasteiger partial charge in [0.2, 0.25) is 11.9 Å². The molecule has 0 saturated carbocycles. The Morgan fingerprint density at radius 2 is 1.93 bits per heavy atom. The minimum atomic E-state index is 0.190. The number of nitrogens with zero attached hydrogens (tertiary/aromatic N) is 4. The molecule has 2 aliphatic heterocycles. The second kappa shape index (κ2) is 8.35. The summed E-state index contributed by atoms with van der Waals surface area (Å²) in [4.78, 5) is 26.0. The van der Waals surface area contributed by atoms with Crippen LogP contribution < -0.4 is 4.90 Å². The summed E-state index contributed by atoms with van der Waals surface area (Å²) in [5.74, 6) is 0.941. The summed E-state index contributed by atoms with van der Waals surface area (Å²) in [5.41, 5.74) is 3.32. The zero-order valence-corrected chi connectivity index (χ0v) is 16.8. The zero-order valence-electron chi connectivity index (χ0n) is 15.2. The minimum Gasteiger partial charge on any atom is -0.378 e. The summed E-state index contributed by atoms with van der Waals surface area (Å²) in [6.07, 6.45) is 4.04. The topological polar surface area (TPSA) is 58.6 Å². The number of aromatic nitrogens is 2. The molecule has 0 aliphatic carbocycles. The fraction of sp³-hybridized carbons (Fsp3) is 0.450. The predicted octanol–water partition coefficient (Wildman–Crippen LogP) is 2.59. The highest BCUT2D eigenvalue weighted by Gasteiger charge is 2.23. The molecule has 0 spiro atoms. The third-order valence-corrected chi connectivity index (χ3v) is 5.65. The van der Waals surface area contributed by atoms with Crippen molar-refractivity contribution in [2.75, 3.05) is 37.7 Å². The molecule has 0 unspecified atom stereocenters. The molecule has 6 nitrogen and oxygen atoms in total. The number of halogens is 1. The number of morpholine rings is 1. The van der Waals surface area contributed by atoms with E-state index in [9.17, 15) is 4.79 Å². The van der Waals surface area contributed by atoms with Crippen LogP contribution in [0.25, 0.3) is 0 Å². The summed E-state index contributed by atoms with van der Waals surface area (Å²) >= 11 is 3.44. The van der Waals surface area contributed by atoms with Crippen molar-refractivity contribution in [3.8, 4) is 0 Å². The van der Waals surface area contributed by atoms with E-state index in [1.165, 1.54) is 5.56 Å². The average Bonchev–Trinajstić information content (AvgIpc) is 2.73. The smallest absolute Gasteiger partial charge is 0.225 e. The first-order valence-corrected chi connectivity index (χ1v) is 10.2. The molecule has 27 heavy (non-hydrogen) atoms. The van der Waals surface area contributed by atoms with E-state index in [1.807, 2.05) is 23.2 Å². The second-order valence-corrected chi connectivity index (χ2v) is 7.85. The lowest BCUT2D eigenvalue weighted by atomic mass is 10.1. The molecule has 1 aromatic carbocycles. The Morgan fingerprint density at radius 3 is 2.70 bits per heavy atom. The quantitative estimate of drug-likeness (QED) is 0.745. The third-order valence-electron chi connectivity index (χ3n) is 5.12. The van der Waals surface area contributed by atoms with Crippen LogP contribution in [0.5, 0.6) is 0 Å². The molecule has 0 atom stereocenters. The molecule has 0 bridgehead atoms. The number of ether oxygens (including phenoxy) is 1. The van der Waals surface area contributed by atoms with Gasteiger partial charge in [0, 0.05) is 36.7 Å². The lowest BCUT2D eigenvalue weighted by molar-refractivity contribution is -0.132. The normalized spacial score (nSPS) is 16.9. The van der Waals surface area contributed by atoms with Crippen molar-refractivity contribution in [2.24, 2.45) is 0 Å². The van der Waals surface area contributed by atoms with E-state index in [4.69, 9.17) is 9.72 Å². The van der Waals surface area contributed by atoms with Gasteiger partial charge in [-0.2, -0.15) is 0 Å². The minimum absolute atomic E-state index is 0.190. The molecule has 1 aromatic heterocycles. The van der Waals surface area contributed by atoms with Crippen molar-refractivity contribution in [1.29, 1.82) is 0 Å². The van der Waals surface area contributed by atoms with Crippen molar-refractivity contribution in [3.05, 3.63) is 51.8 Å². The van der Waals surface area contributed by atoms with Crippen LogP contribution in [0, 0.1) is 0 Å². The number of aryl methyl sites for hydroxylation is 1. The van der Waals surface area contributed by atoms with Gasteiger partial charge in [-0.05, 0) is 36.1 Å². The lowest BCUT2D eigenvalue weighted by Crippen LogP contribution is -2.39. The first kappa shape index (κ1) is 18.4. The fourth-order valence-electron chi connectivity index (χ4n) is 3.48. The number of hydrogen-bond donors (Lipinski definition) is 0. The molecule has 0 N–H and O–H groups in total. The number of rotatable bonds is 4. The molecule has 7 heteroatoms. The van der Waals surface area contributed by atoms with Gasteiger partial charge in [0.1, 0.15) is 0 Å². The molecule has 1 amide bonds. The Balaban J connectivity index is 1.39. The van der Waals surface area contributed by atoms with Crippen molar-refractivity contribution in [2.45, 2.75) is 25.8 Å². The van der Waals surface area contributed by atoms with Crippen LogP contribution in [0.15, 0.2) is 34.9 Å². The monoisotopic (exact) mass is 430 g/mol. The van der Waals surface area contributed by atoms with E-state index < -0.39 is 0 Å². The Bertz CT molecular complexity index is 806. The lowest BCUT2D eigenvalue weighted by Gasteiger charge is -2.30. The van der Waals surface area contributed by atoms with Gasteiger partial charge in [-0.1, -0.05) is 28.1 Å². The molecule has 142 valence electrons. The van der Waals surface area contributed by atoms with Gasteiger partial charge in [0.25, 0.3) is 0 Å². The zero-order chi connectivity index (χ0) is 18.6. The molecule has 1 saturated heterocycles. The molecule has 0 radical (unpaired) electrons. The maximum Gasteiger partial charge on any atom is 0.225 e.